The molecule has 2 unspecified atom stereocenters. The van der Waals surface area contributed by atoms with Crippen molar-refractivity contribution in [1.82, 2.24) is 9.80 Å². The van der Waals surface area contributed by atoms with Gasteiger partial charge < -0.3 is 19.3 Å². The largest absolute Gasteiger partial charge is 0.465 e. The minimum atomic E-state index is -0.00172. The topological polar surface area (TPSA) is 76.2 Å². The zero-order valence-corrected chi connectivity index (χ0v) is 49.9. The Kier molecular flexibility index (Phi) is 54.3. The molecule has 0 N–H and O–H groups in total. The molecular formula is C65H128N2O5. The monoisotopic (exact) mass is 1020 g/mol. The average Bonchev–Trinajstić information content (AvgIpc) is 3.38. The second-order valence-electron chi connectivity index (χ2n) is 22.9. The fourth-order valence-corrected chi connectivity index (χ4v) is 10.7. The fourth-order valence-electron chi connectivity index (χ4n) is 10.7. The van der Waals surface area contributed by atoms with Gasteiger partial charge in [-0.1, -0.05) is 247 Å². The smallest absolute Gasteiger partial charge is 0.305 e. The summed E-state index contributed by atoms with van der Waals surface area (Å²) in [5, 5.41) is 0. The molecule has 0 bridgehead atoms. The maximum atomic E-state index is 14.3. The zero-order valence-electron chi connectivity index (χ0n) is 49.9. The molecule has 0 spiro atoms. The SMILES string of the molecule is CCCCCCCCCCN(C(=O)CCCCN(C)CCCCCC)C(CCCCCCCCC(=O)OCC(CCCC)CCCCCC)CCCCCCCCC(=O)OCC(CCCC)CCCCCC. The number of esters is 2. The second kappa shape index (κ2) is 55.6. The van der Waals surface area contributed by atoms with E-state index in [1.165, 1.54) is 225 Å². The minimum Gasteiger partial charge on any atom is -0.465 e. The third-order valence-electron chi connectivity index (χ3n) is 15.7. The molecule has 0 aromatic rings. The lowest BCUT2D eigenvalue weighted by molar-refractivity contribution is -0.146. The molecule has 0 heterocycles. The molecule has 2 atom stereocenters. The molecule has 0 aromatic heterocycles. The van der Waals surface area contributed by atoms with Crippen molar-refractivity contribution in [3.05, 3.63) is 0 Å². The van der Waals surface area contributed by atoms with Crippen molar-refractivity contribution < 1.29 is 23.9 Å². The number of nitrogens with zero attached hydrogens (tertiary/aromatic N) is 2. The Balaban J connectivity index is 5.30. The maximum Gasteiger partial charge on any atom is 0.305 e. The average molecular weight is 1020 g/mol. The summed E-state index contributed by atoms with van der Waals surface area (Å²) in [7, 11) is 2.25. The number of amides is 1. The Bertz CT molecular complexity index is 1090. The van der Waals surface area contributed by atoms with Crippen molar-refractivity contribution in [3.8, 4) is 0 Å². The van der Waals surface area contributed by atoms with E-state index in [1.54, 1.807) is 0 Å². The van der Waals surface area contributed by atoms with E-state index in [0.29, 0.717) is 56.3 Å². The van der Waals surface area contributed by atoms with Crippen LogP contribution in [0.2, 0.25) is 0 Å². The van der Waals surface area contributed by atoms with Gasteiger partial charge >= 0.3 is 11.9 Å². The molecule has 0 radical (unpaired) electrons. The van der Waals surface area contributed by atoms with Gasteiger partial charge in [-0.05, 0) is 109 Å². The van der Waals surface area contributed by atoms with Gasteiger partial charge in [-0.25, -0.2) is 0 Å². The molecule has 7 nitrogen and oxygen atoms in total. The summed E-state index contributed by atoms with van der Waals surface area (Å²) >= 11 is 0. The van der Waals surface area contributed by atoms with Crippen LogP contribution in [0, 0.1) is 11.8 Å². The summed E-state index contributed by atoms with van der Waals surface area (Å²) in [5.41, 5.74) is 0. The zero-order chi connectivity index (χ0) is 52.8. The third kappa shape index (κ3) is 46.9. The van der Waals surface area contributed by atoms with E-state index in [2.05, 4.69) is 58.4 Å². The second-order valence-corrected chi connectivity index (χ2v) is 22.9. The number of hydrogen-bond acceptors (Lipinski definition) is 6. The standard InChI is InChI=1S/C65H128N2O5/c1-8-14-20-24-25-30-35-44-57-67(63(68)52-42-45-56-66(7)55-43-23-17-11-4)62(50-38-31-26-28-33-40-53-64(69)71-58-60(46-18-12-5)48-36-21-15-9-2)51-39-32-27-29-34-41-54-65(70)72-59-61(47-19-13-6)49-37-22-16-10-3/h60-62H,8-59H2,1-7H3. The summed E-state index contributed by atoms with van der Waals surface area (Å²) in [4.78, 5) is 44.5. The van der Waals surface area contributed by atoms with Crippen LogP contribution in [0.3, 0.4) is 0 Å². The molecule has 0 aliphatic carbocycles. The fraction of sp³-hybridized carbons (Fsp3) is 0.954. The predicted octanol–water partition coefficient (Wildman–Crippen LogP) is 19.9. The van der Waals surface area contributed by atoms with Crippen LogP contribution >= 0.6 is 0 Å². The Labute approximate surface area is 450 Å². The number of unbranched alkanes of at least 4 members (excludes halogenated alkanes) is 29. The number of hydrogen-bond donors (Lipinski definition) is 0. The molecule has 0 rings (SSSR count). The molecule has 7 heteroatoms. The van der Waals surface area contributed by atoms with E-state index >= 15 is 0 Å². The van der Waals surface area contributed by atoms with Gasteiger partial charge in [0, 0.05) is 31.8 Å². The maximum absolute atomic E-state index is 14.3. The number of carbonyl (C=O) groups excluding carboxylic acids is 3. The summed E-state index contributed by atoms with van der Waals surface area (Å²) in [5.74, 6) is 1.44. The highest BCUT2D eigenvalue weighted by Crippen LogP contribution is 2.24. The van der Waals surface area contributed by atoms with E-state index < -0.39 is 0 Å². The van der Waals surface area contributed by atoms with Gasteiger partial charge in [0.1, 0.15) is 0 Å². The van der Waals surface area contributed by atoms with Crippen LogP contribution in [0.25, 0.3) is 0 Å². The molecule has 0 saturated carbocycles. The van der Waals surface area contributed by atoms with Crippen molar-refractivity contribution >= 4 is 17.8 Å². The van der Waals surface area contributed by atoms with E-state index in [-0.39, 0.29) is 11.9 Å². The highest BCUT2D eigenvalue weighted by Gasteiger charge is 2.23. The number of rotatable bonds is 58. The summed E-state index contributed by atoms with van der Waals surface area (Å²) in [6.07, 6.45) is 54.9. The summed E-state index contributed by atoms with van der Waals surface area (Å²) in [6, 6.07) is 0.327. The van der Waals surface area contributed by atoms with Crippen LogP contribution in [0.5, 0.6) is 0 Å². The lowest BCUT2D eigenvalue weighted by atomic mass is 9.96. The Hall–Kier alpha value is -1.63. The van der Waals surface area contributed by atoms with E-state index in [9.17, 15) is 14.4 Å². The summed E-state index contributed by atoms with van der Waals surface area (Å²) in [6.45, 7) is 18.0. The van der Waals surface area contributed by atoms with Crippen molar-refractivity contribution in [2.24, 2.45) is 11.8 Å². The molecule has 0 aliphatic heterocycles. The van der Waals surface area contributed by atoms with Gasteiger partial charge in [0.25, 0.3) is 0 Å². The van der Waals surface area contributed by atoms with Crippen LogP contribution in [-0.4, -0.2) is 73.6 Å². The van der Waals surface area contributed by atoms with Crippen molar-refractivity contribution in [2.75, 3.05) is 39.9 Å². The van der Waals surface area contributed by atoms with Gasteiger partial charge in [0.15, 0.2) is 0 Å². The van der Waals surface area contributed by atoms with Gasteiger partial charge in [-0.2, -0.15) is 0 Å². The van der Waals surface area contributed by atoms with Crippen LogP contribution in [-0.2, 0) is 23.9 Å². The molecule has 72 heavy (non-hydrogen) atoms. The van der Waals surface area contributed by atoms with Crippen LogP contribution < -0.4 is 0 Å². The molecule has 0 saturated heterocycles. The quantitative estimate of drug-likeness (QED) is 0.0446. The first kappa shape index (κ1) is 70.4. The number of ether oxygens (including phenoxy) is 2. The predicted molar refractivity (Wildman–Crippen MR) is 313 cm³/mol. The van der Waals surface area contributed by atoms with Gasteiger partial charge in [-0.3, -0.25) is 14.4 Å². The van der Waals surface area contributed by atoms with E-state index in [1.807, 2.05) is 0 Å². The molecule has 0 fully saturated rings. The molecule has 0 aromatic carbocycles. The van der Waals surface area contributed by atoms with Gasteiger partial charge in [0.05, 0.1) is 13.2 Å². The normalized spacial score (nSPS) is 12.9. The van der Waals surface area contributed by atoms with Crippen molar-refractivity contribution in [1.29, 1.82) is 0 Å². The first-order chi connectivity index (χ1) is 35.3. The molecule has 428 valence electrons. The van der Waals surface area contributed by atoms with Crippen molar-refractivity contribution in [3.63, 3.8) is 0 Å². The lowest BCUT2D eigenvalue weighted by Gasteiger charge is -2.33. The van der Waals surface area contributed by atoms with Gasteiger partial charge in [0.2, 0.25) is 5.91 Å². The minimum absolute atomic E-state index is 0.00172. The van der Waals surface area contributed by atoms with Crippen LogP contribution in [0.15, 0.2) is 0 Å². The third-order valence-corrected chi connectivity index (χ3v) is 15.7. The van der Waals surface area contributed by atoms with Crippen molar-refractivity contribution in [2.45, 2.75) is 349 Å². The molecular weight excluding hydrogens is 889 g/mol. The lowest BCUT2D eigenvalue weighted by Crippen LogP contribution is -2.41. The molecule has 0 aliphatic rings. The van der Waals surface area contributed by atoms with E-state index in [4.69, 9.17) is 9.47 Å². The highest BCUT2D eigenvalue weighted by atomic mass is 16.5. The van der Waals surface area contributed by atoms with Gasteiger partial charge in [-0.15, -0.1) is 0 Å². The Morgan fingerprint density at radius 2 is 0.611 bits per heavy atom. The van der Waals surface area contributed by atoms with Crippen LogP contribution in [0.4, 0.5) is 0 Å². The molecule has 1 amide bonds. The first-order valence-electron chi connectivity index (χ1n) is 32.5. The van der Waals surface area contributed by atoms with Crippen LogP contribution in [0.1, 0.15) is 343 Å². The highest BCUT2D eigenvalue weighted by molar-refractivity contribution is 5.76. The Morgan fingerprint density at radius 3 is 1.04 bits per heavy atom. The first-order valence-corrected chi connectivity index (χ1v) is 32.5. The Morgan fingerprint density at radius 1 is 0.319 bits per heavy atom. The number of carbonyl (C=O) groups is 3. The van der Waals surface area contributed by atoms with E-state index in [0.717, 1.165) is 77.4 Å². The summed E-state index contributed by atoms with van der Waals surface area (Å²) < 4.78 is 11.6.